The van der Waals surface area contributed by atoms with E-state index in [1.54, 1.807) is 18.7 Å². The maximum absolute atomic E-state index is 11.0. The fourth-order valence-electron chi connectivity index (χ4n) is 1.65. The Labute approximate surface area is 108 Å². The standard InChI is InChI=1S/C10H13N7O2/c1-7-8(17(18)19)9(15-10(11)14-7)13-3-5-16-4-2-12-6-16/h2,4,6H,3,5H2,1H3,(H3,11,13,14,15). The lowest BCUT2D eigenvalue weighted by atomic mass is 10.3. The van der Waals surface area contributed by atoms with E-state index in [0.29, 0.717) is 13.1 Å². The first-order valence-electron chi connectivity index (χ1n) is 5.56. The lowest BCUT2D eigenvalue weighted by Crippen LogP contribution is -2.13. The van der Waals surface area contributed by atoms with Crippen LogP contribution in [0.4, 0.5) is 17.5 Å². The summed E-state index contributed by atoms with van der Waals surface area (Å²) < 4.78 is 1.84. The molecule has 0 aliphatic heterocycles. The highest BCUT2D eigenvalue weighted by atomic mass is 16.6. The van der Waals surface area contributed by atoms with Gasteiger partial charge in [-0.1, -0.05) is 0 Å². The number of nitrogen functional groups attached to an aromatic ring is 1. The molecule has 19 heavy (non-hydrogen) atoms. The number of aromatic nitrogens is 4. The van der Waals surface area contributed by atoms with Crippen LogP contribution in [0.2, 0.25) is 0 Å². The molecule has 9 heteroatoms. The Kier molecular flexibility index (Phi) is 3.55. The second-order valence-corrected chi connectivity index (χ2v) is 3.85. The van der Waals surface area contributed by atoms with Gasteiger partial charge in [-0.2, -0.15) is 4.98 Å². The van der Waals surface area contributed by atoms with Crippen molar-refractivity contribution in [2.24, 2.45) is 0 Å². The van der Waals surface area contributed by atoms with Crippen molar-refractivity contribution in [3.8, 4) is 0 Å². The zero-order chi connectivity index (χ0) is 13.8. The third-order valence-corrected chi connectivity index (χ3v) is 2.48. The van der Waals surface area contributed by atoms with Crippen molar-refractivity contribution >= 4 is 17.5 Å². The quantitative estimate of drug-likeness (QED) is 0.597. The number of hydrogen-bond donors (Lipinski definition) is 2. The zero-order valence-corrected chi connectivity index (χ0v) is 10.3. The van der Waals surface area contributed by atoms with Crippen LogP contribution in [0, 0.1) is 17.0 Å². The van der Waals surface area contributed by atoms with Gasteiger partial charge in [-0.15, -0.1) is 0 Å². The molecule has 0 fully saturated rings. The van der Waals surface area contributed by atoms with Crippen molar-refractivity contribution in [3.63, 3.8) is 0 Å². The number of anilines is 2. The van der Waals surface area contributed by atoms with Gasteiger partial charge in [-0.05, 0) is 6.92 Å². The summed E-state index contributed by atoms with van der Waals surface area (Å²) in [5, 5.41) is 13.9. The van der Waals surface area contributed by atoms with Crippen LogP contribution in [-0.4, -0.2) is 31.0 Å². The van der Waals surface area contributed by atoms with Crippen LogP contribution in [0.1, 0.15) is 5.69 Å². The molecule has 0 radical (unpaired) electrons. The Balaban J connectivity index is 2.12. The number of nitrogens with one attached hydrogen (secondary N) is 1. The Bertz CT molecular complexity index is 582. The zero-order valence-electron chi connectivity index (χ0n) is 10.3. The predicted molar refractivity (Wildman–Crippen MR) is 68.6 cm³/mol. The molecule has 0 unspecified atom stereocenters. The largest absolute Gasteiger partial charge is 0.368 e. The molecule has 2 aromatic heterocycles. The number of nitrogens with zero attached hydrogens (tertiary/aromatic N) is 5. The predicted octanol–water partition coefficient (Wildman–Crippen LogP) is 0.584. The first kappa shape index (κ1) is 12.7. The molecule has 0 spiro atoms. The van der Waals surface area contributed by atoms with E-state index in [2.05, 4.69) is 20.3 Å². The Morgan fingerprint density at radius 1 is 1.53 bits per heavy atom. The molecule has 0 aliphatic carbocycles. The van der Waals surface area contributed by atoms with Crippen molar-refractivity contribution in [2.45, 2.75) is 13.5 Å². The second kappa shape index (κ2) is 5.29. The molecule has 9 nitrogen and oxygen atoms in total. The molecule has 0 amide bonds. The van der Waals surface area contributed by atoms with Crippen molar-refractivity contribution in [2.75, 3.05) is 17.6 Å². The summed E-state index contributed by atoms with van der Waals surface area (Å²) >= 11 is 0. The fourth-order valence-corrected chi connectivity index (χ4v) is 1.65. The van der Waals surface area contributed by atoms with Crippen molar-refractivity contribution in [1.82, 2.24) is 19.5 Å². The minimum Gasteiger partial charge on any atom is -0.368 e. The van der Waals surface area contributed by atoms with Gasteiger partial charge in [0.25, 0.3) is 0 Å². The third kappa shape index (κ3) is 2.94. The van der Waals surface area contributed by atoms with Crippen LogP contribution in [0.5, 0.6) is 0 Å². The molecule has 0 saturated heterocycles. The minimum atomic E-state index is -0.520. The van der Waals surface area contributed by atoms with Gasteiger partial charge >= 0.3 is 5.69 Å². The lowest BCUT2D eigenvalue weighted by Gasteiger charge is -2.08. The SMILES string of the molecule is Cc1nc(N)nc(NCCn2ccnc2)c1[N+](=O)[O-]. The summed E-state index contributed by atoms with van der Waals surface area (Å²) in [6.07, 6.45) is 5.13. The van der Waals surface area contributed by atoms with Gasteiger partial charge in [0.05, 0.1) is 11.3 Å². The van der Waals surface area contributed by atoms with Gasteiger partial charge in [-0.25, -0.2) is 9.97 Å². The maximum atomic E-state index is 11.0. The van der Waals surface area contributed by atoms with Gasteiger partial charge in [0, 0.05) is 25.5 Å². The highest BCUT2D eigenvalue weighted by Gasteiger charge is 2.20. The molecule has 0 bridgehead atoms. The normalized spacial score (nSPS) is 10.4. The van der Waals surface area contributed by atoms with Crippen molar-refractivity contribution in [1.29, 1.82) is 0 Å². The molecule has 2 rings (SSSR count). The molecule has 0 saturated carbocycles. The van der Waals surface area contributed by atoms with E-state index >= 15 is 0 Å². The summed E-state index contributed by atoms with van der Waals surface area (Å²) in [4.78, 5) is 22.0. The molecule has 3 N–H and O–H groups in total. The van der Waals surface area contributed by atoms with E-state index < -0.39 is 4.92 Å². The smallest absolute Gasteiger partial charge is 0.332 e. The number of nitro groups is 1. The molecular formula is C10H13N7O2. The topological polar surface area (TPSA) is 125 Å². The summed E-state index contributed by atoms with van der Waals surface area (Å²) in [6.45, 7) is 2.60. The first-order chi connectivity index (χ1) is 9.08. The summed E-state index contributed by atoms with van der Waals surface area (Å²) in [5.74, 6) is 0.142. The average Bonchev–Trinajstić information content (AvgIpc) is 2.80. The number of aryl methyl sites for hydroxylation is 1. The Morgan fingerprint density at radius 3 is 2.95 bits per heavy atom. The van der Waals surface area contributed by atoms with Gasteiger partial charge in [0.15, 0.2) is 0 Å². The van der Waals surface area contributed by atoms with E-state index in [1.807, 2.05) is 4.57 Å². The van der Waals surface area contributed by atoms with E-state index in [0.717, 1.165) is 0 Å². The van der Waals surface area contributed by atoms with Gasteiger partial charge in [0.2, 0.25) is 11.8 Å². The molecule has 2 aromatic rings. The van der Waals surface area contributed by atoms with E-state index in [1.165, 1.54) is 6.92 Å². The molecule has 100 valence electrons. The number of imidazole rings is 1. The fraction of sp³-hybridized carbons (Fsp3) is 0.300. The van der Waals surface area contributed by atoms with Crippen LogP contribution >= 0.6 is 0 Å². The van der Waals surface area contributed by atoms with Crippen LogP contribution < -0.4 is 11.1 Å². The van der Waals surface area contributed by atoms with Gasteiger partial charge in [0.1, 0.15) is 5.69 Å². The summed E-state index contributed by atoms with van der Waals surface area (Å²) in [5.41, 5.74) is 5.58. The van der Waals surface area contributed by atoms with Crippen molar-refractivity contribution in [3.05, 3.63) is 34.5 Å². The van der Waals surface area contributed by atoms with E-state index in [4.69, 9.17) is 5.73 Å². The van der Waals surface area contributed by atoms with Crippen LogP contribution in [0.3, 0.4) is 0 Å². The number of hydrogen-bond acceptors (Lipinski definition) is 7. The van der Waals surface area contributed by atoms with Crippen molar-refractivity contribution < 1.29 is 4.92 Å². The maximum Gasteiger partial charge on any atom is 0.332 e. The number of rotatable bonds is 5. The monoisotopic (exact) mass is 263 g/mol. The highest BCUT2D eigenvalue weighted by molar-refractivity contribution is 5.60. The third-order valence-electron chi connectivity index (χ3n) is 2.48. The summed E-state index contributed by atoms with van der Waals surface area (Å²) in [7, 11) is 0. The first-order valence-corrected chi connectivity index (χ1v) is 5.56. The molecular weight excluding hydrogens is 250 g/mol. The number of nitrogens with two attached hydrogens (primary N) is 1. The second-order valence-electron chi connectivity index (χ2n) is 3.85. The van der Waals surface area contributed by atoms with E-state index in [-0.39, 0.29) is 23.1 Å². The van der Waals surface area contributed by atoms with Gasteiger partial charge < -0.3 is 15.6 Å². The molecule has 0 aromatic carbocycles. The molecule has 0 aliphatic rings. The average molecular weight is 263 g/mol. The van der Waals surface area contributed by atoms with Crippen LogP contribution in [-0.2, 0) is 6.54 Å². The summed E-state index contributed by atoms with van der Waals surface area (Å²) in [6, 6.07) is 0. The van der Waals surface area contributed by atoms with E-state index in [9.17, 15) is 10.1 Å². The highest BCUT2D eigenvalue weighted by Crippen LogP contribution is 2.25. The Hall–Kier alpha value is -2.71. The molecule has 0 atom stereocenters. The minimum absolute atomic E-state index is 0.00762. The lowest BCUT2D eigenvalue weighted by molar-refractivity contribution is -0.385. The van der Waals surface area contributed by atoms with Crippen LogP contribution in [0.15, 0.2) is 18.7 Å². The molecule has 2 heterocycles. The Morgan fingerprint density at radius 2 is 2.32 bits per heavy atom. The van der Waals surface area contributed by atoms with Gasteiger partial charge in [-0.3, -0.25) is 10.1 Å². The van der Waals surface area contributed by atoms with Crippen LogP contribution in [0.25, 0.3) is 0 Å².